The molecule has 0 radical (unpaired) electrons. The molecule has 1 N–H and O–H groups in total. The van der Waals surface area contributed by atoms with Crippen molar-refractivity contribution in [2.45, 2.75) is 32.2 Å². The van der Waals surface area contributed by atoms with E-state index in [4.69, 9.17) is 0 Å². The van der Waals surface area contributed by atoms with Gasteiger partial charge in [0.15, 0.2) is 5.78 Å². The average molecular weight is 472 g/mol. The van der Waals surface area contributed by atoms with Gasteiger partial charge in [-0.1, -0.05) is 42.0 Å². The monoisotopic (exact) mass is 471 g/mol. The van der Waals surface area contributed by atoms with Gasteiger partial charge < -0.3 is 5.32 Å². The maximum atomic E-state index is 14.6. The molecule has 1 heterocycles. The number of nitrogens with one attached hydrogen (secondary N) is 1. The highest BCUT2D eigenvalue weighted by Gasteiger charge is 2.41. The fourth-order valence-electron chi connectivity index (χ4n) is 4.82. The summed E-state index contributed by atoms with van der Waals surface area (Å²) in [4.78, 5) is 26.6. The van der Waals surface area contributed by atoms with Crippen molar-refractivity contribution in [3.8, 4) is 5.69 Å². The maximum Gasteiger partial charge on any atom is 0.251 e. The van der Waals surface area contributed by atoms with E-state index in [0.29, 0.717) is 22.5 Å². The van der Waals surface area contributed by atoms with E-state index in [1.807, 2.05) is 13.0 Å². The van der Waals surface area contributed by atoms with Crippen molar-refractivity contribution >= 4 is 11.7 Å². The number of Topliss-reactive ketones (excluding diaryl/α,β-unsaturated/α-hetero) is 1. The number of para-hydroxylation sites is 1. The fraction of sp³-hybridized carbons (Fsp3) is 0.179. The molecule has 0 spiro atoms. The van der Waals surface area contributed by atoms with Crippen LogP contribution in [0, 0.1) is 25.5 Å². The Morgan fingerprint density at radius 2 is 1.74 bits per heavy atom. The van der Waals surface area contributed by atoms with Crippen LogP contribution in [0.1, 0.15) is 44.4 Å². The highest BCUT2D eigenvalue weighted by molar-refractivity contribution is 6.00. The molecule has 5 rings (SSSR count). The van der Waals surface area contributed by atoms with Crippen LogP contribution in [0.25, 0.3) is 5.69 Å². The molecular weight excluding hydrogens is 448 g/mol. The Bertz CT molecular complexity index is 1440. The number of nitrogens with zero attached hydrogens (tertiary/aromatic N) is 2. The zero-order valence-electron chi connectivity index (χ0n) is 19.3. The summed E-state index contributed by atoms with van der Waals surface area (Å²) >= 11 is 0. The highest BCUT2D eigenvalue weighted by atomic mass is 19.1. The fourth-order valence-corrected chi connectivity index (χ4v) is 4.82. The summed E-state index contributed by atoms with van der Waals surface area (Å²) in [5, 5.41) is 7.48. The first-order valence-corrected chi connectivity index (χ1v) is 11.3. The Hall–Kier alpha value is -4.13. The molecule has 0 bridgehead atoms. The molecule has 1 amide bonds. The number of ketones is 1. The number of hydrogen-bond donors (Lipinski definition) is 1. The second-order valence-electron chi connectivity index (χ2n) is 8.80. The molecule has 5 nitrogen and oxygen atoms in total. The molecule has 0 saturated carbocycles. The number of benzene rings is 3. The van der Waals surface area contributed by atoms with Crippen molar-refractivity contribution in [1.82, 2.24) is 15.1 Å². The predicted molar refractivity (Wildman–Crippen MR) is 128 cm³/mol. The number of rotatable bonds is 4. The van der Waals surface area contributed by atoms with Crippen LogP contribution in [0.3, 0.4) is 0 Å². The zero-order chi connectivity index (χ0) is 24.7. The summed E-state index contributed by atoms with van der Waals surface area (Å²) in [6, 6.07) is 18.3. The zero-order valence-corrected chi connectivity index (χ0v) is 19.3. The van der Waals surface area contributed by atoms with Gasteiger partial charge in [0.2, 0.25) is 0 Å². The van der Waals surface area contributed by atoms with Crippen molar-refractivity contribution in [3.05, 3.63) is 118 Å². The maximum absolute atomic E-state index is 14.6. The summed E-state index contributed by atoms with van der Waals surface area (Å²) < 4.78 is 29.9. The van der Waals surface area contributed by atoms with Crippen LogP contribution in [-0.2, 0) is 11.2 Å². The molecule has 35 heavy (non-hydrogen) atoms. The first kappa shape index (κ1) is 22.7. The lowest BCUT2D eigenvalue weighted by atomic mass is 9.76. The molecule has 1 aromatic heterocycles. The first-order chi connectivity index (χ1) is 16.8. The van der Waals surface area contributed by atoms with Crippen molar-refractivity contribution in [2.75, 3.05) is 0 Å². The smallest absolute Gasteiger partial charge is 0.251 e. The predicted octanol–water partition coefficient (Wildman–Crippen LogP) is 4.82. The van der Waals surface area contributed by atoms with Gasteiger partial charge in [0.25, 0.3) is 5.91 Å². The Morgan fingerprint density at radius 1 is 1.00 bits per heavy atom. The molecule has 1 aliphatic carbocycles. The number of halogens is 2. The van der Waals surface area contributed by atoms with Crippen molar-refractivity contribution < 1.29 is 18.4 Å². The van der Waals surface area contributed by atoms with Gasteiger partial charge in [-0.3, -0.25) is 9.59 Å². The summed E-state index contributed by atoms with van der Waals surface area (Å²) in [5.41, 5.74) is 4.17. The Kier molecular flexibility index (Phi) is 5.76. The molecule has 0 unspecified atom stereocenters. The van der Waals surface area contributed by atoms with Crippen molar-refractivity contribution in [2.24, 2.45) is 0 Å². The molecule has 3 aromatic carbocycles. The third-order valence-corrected chi connectivity index (χ3v) is 6.42. The van der Waals surface area contributed by atoms with Gasteiger partial charge in [-0.25, -0.2) is 13.5 Å². The van der Waals surface area contributed by atoms with E-state index in [-0.39, 0.29) is 23.8 Å². The normalized spacial score (nSPS) is 17.2. The second-order valence-corrected chi connectivity index (χ2v) is 8.80. The molecule has 0 fully saturated rings. The lowest BCUT2D eigenvalue weighted by molar-refractivity contribution is -0.121. The summed E-state index contributed by atoms with van der Waals surface area (Å²) in [7, 11) is 0. The summed E-state index contributed by atoms with van der Waals surface area (Å²) in [5.74, 6) is -2.08. The molecule has 7 heteroatoms. The van der Waals surface area contributed by atoms with E-state index in [0.717, 1.165) is 11.1 Å². The van der Waals surface area contributed by atoms with Crippen LogP contribution in [0.2, 0.25) is 0 Å². The molecule has 0 saturated heterocycles. The average Bonchev–Trinajstić information content (AvgIpc) is 3.16. The number of fused-ring (bicyclic) bond motifs is 1. The van der Waals surface area contributed by atoms with Crippen LogP contribution in [0.4, 0.5) is 8.78 Å². The number of amides is 1. The van der Waals surface area contributed by atoms with Gasteiger partial charge in [0, 0.05) is 17.0 Å². The van der Waals surface area contributed by atoms with Crippen LogP contribution >= 0.6 is 0 Å². The van der Waals surface area contributed by atoms with Crippen molar-refractivity contribution in [1.29, 1.82) is 0 Å². The van der Waals surface area contributed by atoms with E-state index in [1.165, 1.54) is 22.9 Å². The van der Waals surface area contributed by atoms with E-state index in [2.05, 4.69) is 10.4 Å². The third kappa shape index (κ3) is 4.14. The van der Waals surface area contributed by atoms with Gasteiger partial charge >= 0.3 is 0 Å². The number of carbonyl (C=O) groups excluding carboxylic acids is 2. The molecule has 0 aliphatic heterocycles. The topological polar surface area (TPSA) is 64.0 Å². The van der Waals surface area contributed by atoms with Crippen LogP contribution in [0.15, 0.2) is 72.8 Å². The number of aromatic nitrogens is 2. The molecule has 1 aliphatic rings. The SMILES string of the molecule is Cc1cccc(C(=O)N[C@H]2C(=O)Cc3c(c(C)nn3-c3ccccc3F)[C@@H]2c2ccc(F)cc2)c1. The largest absolute Gasteiger partial charge is 0.341 e. The summed E-state index contributed by atoms with van der Waals surface area (Å²) in [6.07, 6.45) is -0.0268. The summed E-state index contributed by atoms with van der Waals surface area (Å²) in [6.45, 7) is 3.68. The molecule has 176 valence electrons. The van der Waals surface area contributed by atoms with E-state index >= 15 is 0 Å². The van der Waals surface area contributed by atoms with E-state index < -0.39 is 23.6 Å². The molecular formula is C28H23F2N3O2. The standard InChI is InChI=1S/C28H23F2N3O2/c1-16-6-5-7-19(14-16)28(35)31-27-24(34)15-23-25(26(27)18-10-12-20(29)13-11-18)17(2)32-33(23)22-9-4-3-8-21(22)30/h3-14,26-27H,15H2,1-2H3,(H,31,35)/t26-,27-/m0/s1. The van der Waals surface area contributed by atoms with Gasteiger partial charge in [-0.15, -0.1) is 0 Å². The lowest BCUT2D eigenvalue weighted by Gasteiger charge is -2.32. The number of aryl methyl sites for hydroxylation is 2. The van der Waals surface area contributed by atoms with Crippen LogP contribution in [0.5, 0.6) is 0 Å². The number of carbonyl (C=O) groups is 2. The highest BCUT2D eigenvalue weighted by Crippen LogP contribution is 2.39. The number of hydrogen-bond acceptors (Lipinski definition) is 3. The minimum Gasteiger partial charge on any atom is -0.341 e. The molecule has 4 aromatic rings. The van der Waals surface area contributed by atoms with Gasteiger partial charge in [0.05, 0.1) is 23.9 Å². The quantitative estimate of drug-likeness (QED) is 0.464. The van der Waals surface area contributed by atoms with Crippen molar-refractivity contribution in [3.63, 3.8) is 0 Å². The van der Waals surface area contributed by atoms with E-state index in [1.54, 1.807) is 55.5 Å². The van der Waals surface area contributed by atoms with Gasteiger partial charge in [-0.05, 0) is 55.8 Å². The van der Waals surface area contributed by atoms with Gasteiger partial charge in [-0.2, -0.15) is 5.10 Å². The van der Waals surface area contributed by atoms with Gasteiger partial charge in [0.1, 0.15) is 17.3 Å². The Labute approximate surface area is 201 Å². The van der Waals surface area contributed by atoms with E-state index in [9.17, 15) is 18.4 Å². The Morgan fingerprint density at radius 3 is 2.46 bits per heavy atom. The Balaban J connectivity index is 1.63. The lowest BCUT2D eigenvalue weighted by Crippen LogP contribution is -2.48. The molecule has 2 atom stereocenters. The third-order valence-electron chi connectivity index (χ3n) is 6.42. The minimum absolute atomic E-state index is 0.0268. The van der Waals surface area contributed by atoms with Crippen LogP contribution in [-0.4, -0.2) is 27.5 Å². The second kappa shape index (κ2) is 8.91. The first-order valence-electron chi connectivity index (χ1n) is 11.3. The van der Waals surface area contributed by atoms with Crippen LogP contribution < -0.4 is 5.32 Å². The minimum atomic E-state index is -0.891.